The molecule has 1 aliphatic heterocycles. The Morgan fingerprint density at radius 2 is 2.62 bits per heavy atom. The van der Waals surface area contributed by atoms with Gasteiger partial charge >= 0.3 is 0 Å². The van der Waals surface area contributed by atoms with Gasteiger partial charge in [-0.25, -0.2) is 4.98 Å². The Bertz CT molecular complexity index is 266. The van der Waals surface area contributed by atoms with Gasteiger partial charge < -0.3 is 15.5 Å². The Balaban J connectivity index is 1.92. The van der Waals surface area contributed by atoms with E-state index >= 15 is 0 Å². The molecular weight excluding hydrogens is 166 g/mol. The fraction of sp³-hybridized carbons (Fsp3) is 0.667. The zero-order valence-electron chi connectivity index (χ0n) is 7.62. The Morgan fingerprint density at radius 3 is 3.23 bits per heavy atom. The molecule has 0 aliphatic carbocycles. The lowest BCUT2D eigenvalue weighted by Gasteiger charge is -2.02. The van der Waals surface area contributed by atoms with Gasteiger partial charge in [0.2, 0.25) is 0 Å². The predicted molar refractivity (Wildman–Crippen MR) is 49.1 cm³/mol. The number of hydrogen-bond donors (Lipinski definition) is 2. The van der Waals surface area contributed by atoms with Crippen LogP contribution in [0.15, 0.2) is 10.6 Å². The lowest BCUT2D eigenvalue weighted by Crippen LogP contribution is -2.10. The number of rotatable bonds is 3. The summed E-state index contributed by atoms with van der Waals surface area (Å²) in [5, 5.41) is 3.32. The monoisotopic (exact) mass is 181 g/mol. The van der Waals surface area contributed by atoms with Crippen LogP contribution in [-0.2, 0) is 13.0 Å². The van der Waals surface area contributed by atoms with Crippen LogP contribution in [0.2, 0.25) is 0 Å². The Hall–Kier alpha value is -0.870. The highest BCUT2D eigenvalue weighted by Crippen LogP contribution is 2.14. The van der Waals surface area contributed by atoms with E-state index in [1.807, 2.05) is 0 Å². The molecule has 0 spiro atoms. The fourth-order valence-electron chi connectivity index (χ4n) is 1.67. The highest BCUT2D eigenvalue weighted by atomic mass is 16.4. The van der Waals surface area contributed by atoms with Gasteiger partial charge in [0.05, 0.1) is 12.7 Å². The molecule has 4 heteroatoms. The molecule has 2 rings (SSSR count). The molecule has 0 amide bonds. The highest BCUT2D eigenvalue weighted by molar-refractivity contribution is 4.95. The molecule has 0 radical (unpaired) electrons. The fourth-order valence-corrected chi connectivity index (χ4v) is 1.67. The van der Waals surface area contributed by atoms with Crippen molar-refractivity contribution in [1.82, 2.24) is 10.3 Å². The van der Waals surface area contributed by atoms with Crippen molar-refractivity contribution in [2.24, 2.45) is 11.7 Å². The van der Waals surface area contributed by atoms with Gasteiger partial charge in [0, 0.05) is 6.42 Å². The van der Waals surface area contributed by atoms with E-state index in [4.69, 9.17) is 10.2 Å². The van der Waals surface area contributed by atoms with Gasteiger partial charge in [-0.2, -0.15) is 0 Å². The van der Waals surface area contributed by atoms with Gasteiger partial charge in [-0.3, -0.25) is 0 Å². The zero-order valence-corrected chi connectivity index (χ0v) is 7.62. The second-order valence-corrected chi connectivity index (χ2v) is 3.49. The summed E-state index contributed by atoms with van der Waals surface area (Å²) < 4.78 is 5.43. The molecule has 1 unspecified atom stereocenters. The number of oxazole rings is 1. The molecule has 4 nitrogen and oxygen atoms in total. The van der Waals surface area contributed by atoms with Crippen molar-refractivity contribution >= 4 is 0 Å². The van der Waals surface area contributed by atoms with Crippen molar-refractivity contribution in [1.29, 1.82) is 0 Å². The smallest absolute Gasteiger partial charge is 0.194 e. The van der Waals surface area contributed by atoms with Crippen molar-refractivity contribution in [3.05, 3.63) is 17.8 Å². The molecule has 0 aromatic carbocycles. The number of hydrogen-bond acceptors (Lipinski definition) is 4. The maximum Gasteiger partial charge on any atom is 0.194 e. The van der Waals surface area contributed by atoms with E-state index in [1.165, 1.54) is 6.42 Å². The molecule has 1 aromatic heterocycles. The second-order valence-electron chi connectivity index (χ2n) is 3.49. The Labute approximate surface area is 77.5 Å². The molecule has 1 atom stereocenters. The van der Waals surface area contributed by atoms with Crippen molar-refractivity contribution in [3.8, 4) is 0 Å². The Morgan fingerprint density at radius 1 is 1.69 bits per heavy atom. The predicted octanol–water partition coefficient (Wildman–Crippen LogP) is 0.285. The summed E-state index contributed by atoms with van der Waals surface area (Å²) in [5.74, 6) is 2.29. The maximum absolute atomic E-state index is 5.43. The van der Waals surface area contributed by atoms with Gasteiger partial charge in [-0.1, -0.05) is 0 Å². The van der Waals surface area contributed by atoms with Crippen molar-refractivity contribution in [2.45, 2.75) is 19.4 Å². The third kappa shape index (κ3) is 2.08. The minimum atomic E-state index is 0.440. The van der Waals surface area contributed by atoms with E-state index in [9.17, 15) is 0 Å². The first-order chi connectivity index (χ1) is 6.38. The number of aromatic nitrogens is 1. The van der Waals surface area contributed by atoms with Crippen LogP contribution >= 0.6 is 0 Å². The molecule has 1 saturated heterocycles. The van der Waals surface area contributed by atoms with E-state index in [-0.39, 0.29) is 0 Å². The van der Waals surface area contributed by atoms with Gasteiger partial charge in [-0.15, -0.1) is 0 Å². The van der Waals surface area contributed by atoms with Gasteiger partial charge in [0.25, 0.3) is 0 Å². The molecule has 13 heavy (non-hydrogen) atoms. The number of nitrogens with zero attached hydrogens (tertiary/aromatic N) is 1. The van der Waals surface area contributed by atoms with Crippen LogP contribution in [0.3, 0.4) is 0 Å². The second kappa shape index (κ2) is 3.89. The third-order valence-electron chi connectivity index (χ3n) is 2.43. The SMILES string of the molecule is NCc1cnc(CC2CCNC2)o1. The minimum absolute atomic E-state index is 0.440. The van der Waals surface area contributed by atoms with Crippen LogP contribution in [0.25, 0.3) is 0 Å². The molecule has 3 N–H and O–H groups in total. The summed E-state index contributed by atoms with van der Waals surface area (Å²) in [4.78, 5) is 4.18. The van der Waals surface area contributed by atoms with Crippen LogP contribution < -0.4 is 11.1 Å². The molecule has 72 valence electrons. The van der Waals surface area contributed by atoms with Gasteiger partial charge in [-0.05, 0) is 25.4 Å². The molecule has 0 bridgehead atoms. The summed E-state index contributed by atoms with van der Waals surface area (Å²) >= 11 is 0. The van der Waals surface area contributed by atoms with Crippen LogP contribution in [0.5, 0.6) is 0 Å². The van der Waals surface area contributed by atoms with Gasteiger partial charge in [0.1, 0.15) is 5.76 Å². The summed E-state index contributed by atoms with van der Waals surface area (Å²) in [6.07, 6.45) is 3.88. The lowest BCUT2D eigenvalue weighted by atomic mass is 10.1. The first kappa shape index (κ1) is 8.72. The van der Waals surface area contributed by atoms with Crippen LogP contribution in [0.1, 0.15) is 18.1 Å². The first-order valence-corrected chi connectivity index (χ1v) is 4.73. The quantitative estimate of drug-likeness (QED) is 0.703. The van der Waals surface area contributed by atoms with Crippen molar-refractivity contribution in [2.75, 3.05) is 13.1 Å². The number of nitrogens with one attached hydrogen (secondary N) is 1. The topological polar surface area (TPSA) is 64.1 Å². The molecule has 1 aliphatic rings. The molecule has 1 aromatic rings. The Kier molecular flexibility index (Phi) is 2.61. The van der Waals surface area contributed by atoms with E-state index in [0.717, 1.165) is 31.2 Å². The molecular formula is C9H15N3O. The zero-order chi connectivity index (χ0) is 9.10. The lowest BCUT2D eigenvalue weighted by molar-refractivity contribution is 0.418. The van der Waals surface area contributed by atoms with E-state index < -0.39 is 0 Å². The minimum Gasteiger partial charge on any atom is -0.444 e. The first-order valence-electron chi connectivity index (χ1n) is 4.73. The molecule has 1 fully saturated rings. The summed E-state index contributed by atoms with van der Waals surface area (Å²) in [5.41, 5.74) is 5.43. The van der Waals surface area contributed by atoms with E-state index in [2.05, 4.69) is 10.3 Å². The average Bonchev–Trinajstić information content (AvgIpc) is 2.76. The van der Waals surface area contributed by atoms with Crippen molar-refractivity contribution in [3.63, 3.8) is 0 Å². The van der Waals surface area contributed by atoms with E-state index in [0.29, 0.717) is 12.5 Å². The standard InChI is InChI=1S/C9H15N3O/c10-4-8-6-12-9(13-8)3-7-1-2-11-5-7/h6-7,11H,1-5,10H2. The van der Waals surface area contributed by atoms with E-state index in [1.54, 1.807) is 6.20 Å². The van der Waals surface area contributed by atoms with Crippen molar-refractivity contribution < 1.29 is 4.42 Å². The van der Waals surface area contributed by atoms with Crippen LogP contribution in [0.4, 0.5) is 0 Å². The van der Waals surface area contributed by atoms with Gasteiger partial charge in [0.15, 0.2) is 5.89 Å². The largest absolute Gasteiger partial charge is 0.444 e. The summed E-state index contributed by atoms with van der Waals surface area (Å²) in [6, 6.07) is 0. The number of nitrogens with two attached hydrogens (primary N) is 1. The molecule has 2 heterocycles. The summed E-state index contributed by atoms with van der Waals surface area (Å²) in [7, 11) is 0. The highest BCUT2D eigenvalue weighted by Gasteiger charge is 2.17. The molecule has 0 saturated carbocycles. The van der Waals surface area contributed by atoms with Crippen LogP contribution in [-0.4, -0.2) is 18.1 Å². The normalized spacial score (nSPS) is 22.4. The summed E-state index contributed by atoms with van der Waals surface area (Å²) in [6.45, 7) is 2.64. The average molecular weight is 181 g/mol. The maximum atomic E-state index is 5.43. The van der Waals surface area contributed by atoms with Crippen LogP contribution in [0, 0.1) is 5.92 Å². The third-order valence-corrected chi connectivity index (χ3v) is 2.43.